The van der Waals surface area contributed by atoms with Gasteiger partial charge in [-0.2, -0.15) is 0 Å². The molecule has 1 aliphatic carbocycles. The average Bonchev–Trinajstić information content (AvgIpc) is 3.44. The van der Waals surface area contributed by atoms with Crippen LogP contribution in [0.4, 0.5) is 5.69 Å². The SMILES string of the molecule is CON(C)S(=O)(=O)c1ccc(NC(=O)C2(c3ccc(Cl)cc3)CC2)cc1. The summed E-state index contributed by atoms with van der Waals surface area (Å²) < 4.78 is 25.1. The molecule has 26 heavy (non-hydrogen) atoms. The van der Waals surface area contributed by atoms with Gasteiger partial charge >= 0.3 is 0 Å². The Morgan fingerprint density at radius 3 is 2.19 bits per heavy atom. The smallest absolute Gasteiger partial charge is 0.264 e. The molecular formula is C18H19ClN2O4S. The Kier molecular flexibility index (Phi) is 5.07. The summed E-state index contributed by atoms with van der Waals surface area (Å²) in [6.07, 6.45) is 1.54. The molecule has 1 fully saturated rings. The van der Waals surface area contributed by atoms with Crippen LogP contribution in [0, 0.1) is 0 Å². The van der Waals surface area contributed by atoms with E-state index < -0.39 is 15.4 Å². The summed E-state index contributed by atoms with van der Waals surface area (Å²) in [5.74, 6) is -0.107. The maximum atomic E-state index is 12.7. The molecule has 3 rings (SSSR count). The molecule has 0 bridgehead atoms. The normalized spacial score (nSPS) is 15.7. The van der Waals surface area contributed by atoms with Gasteiger partial charge in [-0.25, -0.2) is 8.42 Å². The molecule has 2 aromatic rings. The van der Waals surface area contributed by atoms with Gasteiger partial charge in [0, 0.05) is 17.8 Å². The Balaban J connectivity index is 1.75. The third-order valence-corrected chi connectivity index (χ3v) is 6.53. The number of benzene rings is 2. The summed E-state index contributed by atoms with van der Waals surface area (Å²) >= 11 is 5.91. The van der Waals surface area contributed by atoms with E-state index in [1.54, 1.807) is 24.3 Å². The number of amides is 1. The minimum absolute atomic E-state index is 0.0821. The van der Waals surface area contributed by atoms with E-state index in [1.165, 1.54) is 26.3 Å². The predicted octanol–water partition coefficient (Wildman–Crippen LogP) is 3.19. The topological polar surface area (TPSA) is 75.7 Å². The summed E-state index contributed by atoms with van der Waals surface area (Å²) in [6, 6.07) is 13.3. The van der Waals surface area contributed by atoms with Crippen molar-refractivity contribution >= 4 is 33.2 Å². The standard InChI is InChI=1S/C18H19ClN2O4S/c1-21(25-2)26(23,24)16-9-7-15(8-10-16)20-17(22)18(11-12-18)13-3-5-14(19)6-4-13/h3-10H,11-12H2,1-2H3,(H,20,22). The van der Waals surface area contributed by atoms with E-state index in [1.807, 2.05) is 12.1 Å². The second-order valence-electron chi connectivity index (χ2n) is 6.16. The fourth-order valence-corrected chi connectivity index (χ4v) is 3.85. The molecule has 138 valence electrons. The van der Waals surface area contributed by atoms with Crippen molar-refractivity contribution in [2.45, 2.75) is 23.2 Å². The number of rotatable bonds is 6. The number of nitrogens with one attached hydrogen (secondary N) is 1. The molecular weight excluding hydrogens is 376 g/mol. The highest BCUT2D eigenvalue weighted by Gasteiger charge is 2.51. The van der Waals surface area contributed by atoms with E-state index in [0.717, 1.165) is 22.9 Å². The monoisotopic (exact) mass is 394 g/mol. The van der Waals surface area contributed by atoms with Crippen LogP contribution in [-0.4, -0.2) is 33.0 Å². The Bertz CT molecular complexity index is 907. The highest BCUT2D eigenvalue weighted by Crippen LogP contribution is 2.49. The lowest BCUT2D eigenvalue weighted by Gasteiger charge is -2.17. The van der Waals surface area contributed by atoms with Crippen LogP contribution >= 0.6 is 11.6 Å². The molecule has 0 unspecified atom stereocenters. The van der Waals surface area contributed by atoms with Gasteiger partial charge in [-0.05, 0) is 54.8 Å². The maximum Gasteiger partial charge on any atom is 0.264 e. The highest BCUT2D eigenvalue weighted by molar-refractivity contribution is 7.89. The van der Waals surface area contributed by atoms with Crippen LogP contribution in [0.25, 0.3) is 0 Å². The number of halogens is 1. The van der Waals surface area contributed by atoms with Crippen LogP contribution in [0.2, 0.25) is 5.02 Å². The largest absolute Gasteiger partial charge is 0.325 e. The van der Waals surface area contributed by atoms with Crippen LogP contribution in [-0.2, 0) is 25.1 Å². The van der Waals surface area contributed by atoms with Gasteiger partial charge in [0.05, 0.1) is 17.4 Å². The second-order valence-corrected chi connectivity index (χ2v) is 8.54. The van der Waals surface area contributed by atoms with Gasteiger partial charge in [0.15, 0.2) is 0 Å². The molecule has 0 heterocycles. The van der Waals surface area contributed by atoms with Crippen LogP contribution < -0.4 is 5.32 Å². The van der Waals surface area contributed by atoms with Gasteiger partial charge < -0.3 is 5.32 Å². The molecule has 0 aliphatic heterocycles. The summed E-state index contributed by atoms with van der Waals surface area (Å²) in [5.41, 5.74) is 0.931. The first kappa shape index (κ1) is 18.8. The molecule has 1 N–H and O–H groups in total. The molecule has 1 amide bonds. The average molecular weight is 395 g/mol. The molecule has 6 nitrogen and oxygen atoms in total. The fourth-order valence-electron chi connectivity index (χ4n) is 2.75. The number of carbonyl (C=O) groups excluding carboxylic acids is 1. The lowest BCUT2D eigenvalue weighted by molar-refractivity contribution is -0.118. The minimum atomic E-state index is -3.71. The van der Waals surface area contributed by atoms with Gasteiger partial charge in [0.2, 0.25) is 5.91 Å². The zero-order chi connectivity index (χ0) is 18.9. The van der Waals surface area contributed by atoms with Crippen LogP contribution in [0.5, 0.6) is 0 Å². The number of hydroxylamine groups is 1. The highest BCUT2D eigenvalue weighted by atomic mass is 35.5. The molecule has 0 atom stereocenters. The third-order valence-electron chi connectivity index (χ3n) is 4.59. The molecule has 0 spiro atoms. The van der Waals surface area contributed by atoms with E-state index >= 15 is 0 Å². The van der Waals surface area contributed by atoms with Crippen molar-refractivity contribution in [3.63, 3.8) is 0 Å². The maximum absolute atomic E-state index is 12.7. The molecule has 0 aromatic heterocycles. The van der Waals surface area contributed by atoms with Crippen molar-refractivity contribution in [1.29, 1.82) is 0 Å². The zero-order valence-corrected chi connectivity index (χ0v) is 16.0. The van der Waals surface area contributed by atoms with Crippen LogP contribution in [0.15, 0.2) is 53.4 Å². The van der Waals surface area contributed by atoms with Crippen molar-refractivity contribution in [3.05, 3.63) is 59.1 Å². The van der Waals surface area contributed by atoms with Crippen LogP contribution in [0.1, 0.15) is 18.4 Å². The van der Waals surface area contributed by atoms with Crippen molar-refractivity contribution in [3.8, 4) is 0 Å². The number of nitrogens with zero attached hydrogens (tertiary/aromatic N) is 1. The molecule has 1 saturated carbocycles. The van der Waals surface area contributed by atoms with Gasteiger partial charge in [0.1, 0.15) is 0 Å². The number of hydrogen-bond acceptors (Lipinski definition) is 4. The van der Waals surface area contributed by atoms with E-state index in [0.29, 0.717) is 10.7 Å². The van der Waals surface area contributed by atoms with Gasteiger partial charge in [-0.15, -0.1) is 0 Å². The van der Waals surface area contributed by atoms with Crippen molar-refractivity contribution in [2.75, 3.05) is 19.5 Å². The lowest BCUT2D eigenvalue weighted by atomic mass is 9.95. The first-order valence-electron chi connectivity index (χ1n) is 8.00. The Hall–Kier alpha value is -1.93. The van der Waals surface area contributed by atoms with Crippen molar-refractivity contribution < 1.29 is 18.0 Å². The Morgan fingerprint density at radius 1 is 1.12 bits per heavy atom. The Labute approximate surface area is 157 Å². The van der Waals surface area contributed by atoms with E-state index in [4.69, 9.17) is 16.4 Å². The van der Waals surface area contributed by atoms with E-state index in [2.05, 4.69) is 5.32 Å². The number of sulfonamides is 1. The van der Waals surface area contributed by atoms with E-state index in [-0.39, 0.29) is 10.8 Å². The number of anilines is 1. The summed E-state index contributed by atoms with van der Waals surface area (Å²) in [7, 11) is -1.12. The fraction of sp³-hybridized carbons (Fsp3) is 0.278. The summed E-state index contributed by atoms with van der Waals surface area (Å²) in [4.78, 5) is 17.6. The first-order valence-corrected chi connectivity index (χ1v) is 9.82. The molecule has 2 aromatic carbocycles. The lowest BCUT2D eigenvalue weighted by Crippen LogP contribution is -2.28. The van der Waals surface area contributed by atoms with Gasteiger partial charge in [-0.1, -0.05) is 28.2 Å². The molecule has 0 radical (unpaired) electrons. The number of hydrogen-bond donors (Lipinski definition) is 1. The summed E-state index contributed by atoms with van der Waals surface area (Å²) in [6.45, 7) is 0. The molecule has 0 saturated heterocycles. The van der Waals surface area contributed by atoms with Gasteiger partial charge in [0.25, 0.3) is 10.0 Å². The number of carbonyl (C=O) groups is 1. The van der Waals surface area contributed by atoms with Crippen molar-refractivity contribution in [1.82, 2.24) is 4.47 Å². The summed E-state index contributed by atoms with van der Waals surface area (Å²) in [5, 5.41) is 3.50. The minimum Gasteiger partial charge on any atom is -0.325 e. The van der Waals surface area contributed by atoms with Crippen LogP contribution in [0.3, 0.4) is 0 Å². The van der Waals surface area contributed by atoms with Crippen molar-refractivity contribution in [2.24, 2.45) is 0 Å². The predicted molar refractivity (Wildman–Crippen MR) is 99.4 cm³/mol. The van der Waals surface area contributed by atoms with E-state index in [9.17, 15) is 13.2 Å². The molecule has 8 heteroatoms. The first-order chi connectivity index (χ1) is 12.3. The Morgan fingerprint density at radius 2 is 1.69 bits per heavy atom. The second kappa shape index (κ2) is 7.00. The zero-order valence-electron chi connectivity index (χ0n) is 14.4. The quantitative estimate of drug-likeness (QED) is 0.763. The third kappa shape index (κ3) is 3.48. The molecule has 1 aliphatic rings. The van der Waals surface area contributed by atoms with Gasteiger partial charge in [-0.3, -0.25) is 9.63 Å².